The lowest BCUT2D eigenvalue weighted by atomic mass is 9.96. The Morgan fingerprint density at radius 3 is 2.75 bits per heavy atom. The molecule has 1 aromatic carbocycles. The molecule has 1 aliphatic heterocycles. The van der Waals surface area contributed by atoms with E-state index in [0.717, 1.165) is 49.9 Å². The van der Waals surface area contributed by atoms with Crippen molar-refractivity contribution in [3.63, 3.8) is 0 Å². The molecule has 0 bridgehead atoms. The van der Waals surface area contributed by atoms with Crippen LogP contribution in [0.25, 0.3) is 11.1 Å². The summed E-state index contributed by atoms with van der Waals surface area (Å²) in [5.41, 5.74) is 1.63. The van der Waals surface area contributed by atoms with Crippen molar-refractivity contribution in [3.05, 3.63) is 24.3 Å². The smallest absolute Gasteiger partial charge is 0.298 e. The third kappa shape index (κ3) is 2.98. The van der Waals surface area contributed by atoms with E-state index in [1.165, 1.54) is 0 Å². The topological polar surface area (TPSA) is 78.6 Å². The van der Waals surface area contributed by atoms with E-state index in [4.69, 9.17) is 4.42 Å². The molecule has 2 fully saturated rings. The Morgan fingerprint density at radius 2 is 2.08 bits per heavy atom. The number of rotatable bonds is 5. The molecular formula is C18H23N3O3. The maximum Gasteiger partial charge on any atom is 0.298 e. The fraction of sp³-hybridized carbons (Fsp3) is 0.556. The molecule has 0 radical (unpaired) electrons. The van der Waals surface area contributed by atoms with Gasteiger partial charge in [-0.1, -0.05) is 12.1 Å². The van der Waals surface area contributed by atoms with E-state index in [9.17, 15) is 9.90 Å². The van der Waals surface area contributed by atoms with Gasteiger partial charge in [-0.2, -0.15) is 4.98 Å². The molecule has 1 saturated heterocycles. The Morgan fingerprint density at radius 1 is 1.33 bits per heavy atom. The second-order valence-corrected chi connectivity index (χ2v) is 7.10. The highest BCUT2D eigenvalue weighted by Crippen LogP contribution is 2.44. The zero-order valence-corrected chi connectivity index (χ0v) is 13.7. The molecule has 2 aliphatic rings. The zero-order valence-electron chi connectivity index (χ0n) is 13.7. The van der Waals surface area contributed by atoms with Crippen molar-refractivity contribution in [3.8, 4) is 0 Å². The van der Waals surface area contributed by atoms with Gasteiger partial charge in [0.15, 0.2) is 5.58 Å². The molecule has 2 aromatic rings. The van der Waals surface area contributed by atoms with Crippen LogP contribution in [0.4, 0.5) is 6.01 Å². The number of oxazole rings is 1. The van der Waals surface area contributed by atoms with Gasteiger partial charge < -0.3 is 19.7 Å². The van der Waals surface area contributed by atoms with Crippen molar-refractivity contribution in [1.29, 1.82) is 0 Å². The van der Waals surface area contributed by atoms with Crippen LogP contribution in [0.3, 0.4) is 0 Å². The summed E-state index contributed by atoms with van der Waals surface area (Å²) >= 11 is 0. The number of nitrogens with zero attached hydrogens (tertiary/aromatic N) is 2. The molecular weight excluding hydrogens is 306 g/mol. The molecule has 24 heavy (non-hydrogen) atoms. The molecule has 128 valence electrons. The normalized spacial score (nSPS) is 20.3. The number of para-hydroxylation sites is 2. The summed E-state index contributed by atoms with van der Waals surface area (Å²) in [6.07, 6.45) is 3.63. The van der Waals surface area contributed by atoms with Gasteiger partial charge in [-0.15, -0.1) is 0 Å². The molecule has 1 amide bonds. The van der Waals surface area contributed by atoms with Crippen LogP contribution in [0.1, 0.15) is 25.7 Å². The first-order valence-electron chi connectivity index (χ1n) is 8.68. The van der Waals surface area contributed by atoms with E-state index >= 15 is 0 Å². The van der Waals surface area contributed by atoms with E-state index in [1.54, 1.807) is 0 Å². The van der Waals surface area contributed by atoms with Gasteiger partial charge >= 0.3 is 0 Å². The van der Waals surface area contributed by atoms with Crippen LogP contribution in [0, 0.1) is 11.3 Å². The number of aliphatic hydroxyl groups is 1. The number of hydrogen-bond acceptors (Lipinski definition) is 5. The summed E-state index contributed by atoms with van der Waals surface area (Å²) in [7, 11) is 0. The minimum absolute atomic E-state index is 0.0332. The van der Waals surface area contributed by atoms with E-state index < -0.39 is 0 Å². The summed E-state index contributed by atoms with van der Waals surface area (Å²) in [4.78, 5) is 19.0. The van der Waals surface area contributed by atoms with Crippen LogP contribution in [0.2, 0.25) is 0 Å². The van der Waals surface area contributed by atoms with Crippen molar-refractivity contribution in [2.24, 2.45) is 11.3 Å². The molecule has 1 aliphatic carbocycles. The van der Waals surface area contributed by atoms with Gasteiger partial charge in [0.25, 0.3) is 6.01 Å². The largest absolute Gasteiger partial charge is 0.423 e. The number of benzene rings is 1. The van der Waals surface area contributed by atoms with Crippen LogP contribution in [0.15, 0.2) is 28.7 Å². The molecule has 4 rings (SSSR count). The van der Waals surface area contributed by atoms with Gasteiger partial charge in [-0.25, -0.2) is 0 Å². The lowest BCUT2D eigenvalue weighted by Crippen LogP contribution is -2.42. The van der Waals surface area contributed by atoms with Crippen molar-refractivity contribution in [1.82, 2.24) is 10.3 Å². The van der Waals surface area contributed by atoms with Crippen LogP contribution in [-0.2, 0) is 4.79 Å². The molecule has 0 spiro atoms. The van der Waals surface area contributed by atoms with Gasteiger partial charge in [-0.3, -0.25) is 4.79 Å². The van der Waals surface area contributed by atoms with Crippen molar-refractivity contribution >= 4 is 23.0 Å². The quantitative estimate of drug-likeness (QED) is 0.876. The summed E-state index contributed by atoms with van der Waals surface area (Å²) in [5.74, 6) is 0.159. The average Bonchev–Trinajstić information content (AvgIpc) is 3.29. The Bertz CT molecular complexity index is 697. The molecule has 1 aromatic heterocycles. The summed E-state index contributed by atoms with van der Waals surface area (Å²) < 4.78 is 5.80. The summed E-state index contributed by atoms with van der Waals surface area (Å²) in [6.45, 7) is 2.32. The summed E-state index contributed by atoms with van der Waals surface area (Å²) in [6, 6.07) is 8.39. The highest BCUT2D eigenvalue weighted by atomic mass is 16.4. The van der Waals surface area contributed by atoms with Crippen molar-refractivity contribution in [2.75, 3.05) is 31.1 Å². The van der Waals surface area contributed by atoms with E-state index in [1.807, 2.05) is 24.3 Å². The van der Waals surface area contributed by atoms with Gasteiger partial charge in [0, 0.05) is 31.0 Å². The van der Waals surface area contributed by atoms with Gasteiger partial charge in [0.05, 0.1) is 6.61 Å². The van der Waals surface area contributed by atoms with E-state index in [0.29, 0.717) is 12.6 Å². The number of carbonyl (C=O) groups excluding carboxylic acids is 1. The monoisotopic (exact) mass is 329 g/mol. The Hall–Kier alpha value is -2.08. The van der Waals surface area contributed by atoms with Gasteiger partial charge in [-0.05, 0) is 37.8 Å². The molecule has 0 atom stereocenters. The second kappa shape index (κ2) is 6.09. The first-order valence-corrected chi connectivity index (χ1v) is 8.68. The van der Waals surface area contributed by atoms with Crippen LogP contribution in [-0.4, -0.2) is 42.2 Å². The Balaban J connectivity index is 1.32. The minimum atomic E-state index is -0.0332. The van der Waals surface area contributed by atoms with Crippen molar-refractivity contribution < 1.29 is 14.3 Å². The maximum atomic E-state index is 12.3. The molecule has 1 saturated carbocycles. The second-order valence-electron chi connectivity index (χ2n) is 7.10. The fourth-order valence-corrected chi connectivity index (χ4v) is 3.31. The van der Waals surface area contributed by atoms with Crippen LogP contribution in [0.5, 0.6) is 0 Å². The number of aliphatic hydroxyl groups excluding tert-OH is 1. The number of aromatic nitrogens is 1. The maximum absolute atomic E-state index is 12.3. The molecule has 2 N–H and O–H groups in total. The minimum Gasteiger partial charge on any atom is -0.423 e. The van der Waals surface area contributed by atoms with E-state index in [-0.39, 0.29) is 23.8 Å². The standard InChI is InChI=1S/C18H23N3O3/c22-12-18(7-8-18)11-19-16(23)13-5-9-21(10-6-13)17-20-14-3-1-2-4-15(14)24-17/h1-4,13,22H,5-12H2,(H,19,23). The van der Waals surface area contributed by atoms with Gasteiger partial charge in [0.1, 0.15) is 5.52 Å². The molecule has 2 heterocycles. The number of piperidine rings is 1. The fourth-order valence-electron chi connectivity index (χ4n) is 3.31. The van der Waals surface area contributed by atoms with Crippen LogP contribution < -0.4 is 10.2 Å². The lowest BCUT2D eigenvalue weighted by Gasteiger charge is -2.30. The summed E-state index contributed by atoms with van der Waals surface area (Å²) in [5, 5.41) is 12.4. The predicted molar refractivity (Wildman–Crippen MR) is 90.7 cm³/mol. The first kappa shape index (κ1) is 15.4. The number of hydrogen-bond donors (Lipinski definition) is 2. The highest BCUT2D eigenvalue weighted by molar-refractivity contribution is 5.79. The number of fused-ring (bicyclic) bond motifs is 1. The predicted octanol–water partition coefficient (Wildman–Crippen LogP) is 1.93. The number of carbonyl (C=O) groups is 1. The average molecular weight is 329 g/mol. The highest BCUT2D eigenvalue weighted by Gasteiger charge is 2.42. The van der Waals surface area contributed by atoms with Gasteiger partial charge in [0.2, 0.25) is 5.91 Å². The molecule has 6 nitrogen and oxygen atoms in total. The number of anilines is 1. The number of nitrogens with one attached hydrogen (secondary N) is 1. The lowest BCUT2D eigenvalue weighted by molar-refractivity contribution is -0.125. The molecule has 0 unspecified atom stereocenters. The Kier molecular flexibility index (Phi) is 3.92. The van der Waals surface area contributed by atoms with Crippen LogP contribution >= 0.6 is 0 Å². The third-order valence-corrected chi connectivity index (χ3v) is 5.35. The zero-order chi connectivity index (χ0) is 16.6. The van der Waals surface area contributed by atoms with Crippen molar-refractivity contribution in [2.45, 2.75) is 25.7 Å². The Labute approximate surface area is 140 Å². The molecule has 6 heteroatoms. The number of amides is 1. The first-order chi connectivity index (χ1) is 11.7. The SMILES string of the molecule is O=C(NCC1(CO)CC1)C1CCN(c2nc3ccccc3o2)CC1. The third-order valence-electron chi connectivity index (χ3n) is 5.35. The van der Waals surface area contributed by atoms with E-state index in [2.05, 4.69) is 15.2 Å².